The number of nitrogens with zero attached hydrogens (tertiary/aromatic N) is 11. The molecule has 0 aliphatic rings. The van der Waals surface area contributed by atoms with Crippen LogP contribution in [0.3, 0.4) is 0 Å². The number of nitrogens with two attached hydrogens (primary N) is 1. The Morgan fingerprint density at radius 3 is 0.812 bits per heavy atom. The maximum atomic E-state index is 13.2. The Labute approximate surface area is 1170 Å². The van der Waals surface area contributed by atoms with E-state index in [0.717, 1.165) is 15.5 Å². The molecule has 0 atom stereocenters. The first-order valence-electron chi connectivity index (χ1n) is 22.2. The van der Waals surface area contributed by atoms with Gasteiger partial charge < -0.3 is 10.3 Å². The van der Waals surface area contributed by atoms with Crippen LogP contribution in [0.1, 0.15) is 7.43 Å². The second-order valence-electron chi connectivity index (χ2n) is 13.7. The van der Waals surface area contributed by atoms with E-state index in [1.807, 2.05) is 12.1 Å². The topological polar surface area (TPSA) is 164 Å². The SMILES string of the molecule is C.II(I)I(I)I(I)I(I)I(I)I(I)I(I)I(I)I(I)I(I)I(I)I(I)I(I)I(I)I(I)I(I)I(I)I(I)I(I)I(I)I(I)I(I)I(I)I(I)I(I)I(I)I(I)I(I)I(I)I(I)I(I)I(I)I(I)I(I)I(I)I.Nc1noc2cc(-n3nccn3)ccc12.[C-]#[N+]c1ccc(-n2nccn2)cc1F.[C-]#[N+]c1ccc(Br)cc1Cl.c1cn[nH]n1. The van der Waals surface area contributed by atoms with E-state index in [1.165, 1.54) is 34.1 Å². The van der Waals surface area contributed by atoms with E-state index in [2.05, 4.69) is 755 Å². The average molecular weight is 9830 g/mol. The monoisotopic (exact) mass is 9830 g/mol. The Hall–Kier alpha value is 46.6. The number of halogens is 75. The zero-order valence-corrected chi connectivity index (χ0v) is 207. The molecule has 0 saturated carbocycles. The van der Waals surface area contributed by atoms with Gasteiger partial charge in [0.1, 0.15) is 5.82 Å². The Kier molecular flexibility index (Phi) is 127. The number of aromatic amines is 1. The van der Waals surface area contributed by atoms with Crippen molar-refractivity contribution in [1.82, 2.24) is 50.6 Å². The van der Waals surface area contributed by atoms with Crippen molar-refractivity contribution in [2.24, 2.45) is 0 Å². The molecule has 3 N–H and O–H groups in total. The fourth-order valence-electron chi connectivity index (χ4n) is 4.24. The van der Waals surface area contributed by atoms with Crippen molar-refractivity contribution in [2.75, 3.05) is 5.73 Å². The molecule has 117 heavy (non-hydrogen) atoms. The predicted octanol–water partition coefficient (Wildman–Crippen LogP) is 70.8. The number of hydrogen-bond donors (Lipinski definition) is 2. The van der Waals surface area contributed by atoms with Crippen molar-refractivity contribution in [3.63, 3.8) is 0 Å². The molecule has 0 aliphatic heterocycles. The third-order valence-corrected chi connectivity index (χ3v) is 5630. The van der Waals surface area contributed by atoms with Crippen molar-refractivity contribution in [3.05, 3.63) is 130 Å². The largest absolute Gasteiger partial charge is 0.380 e. The maximum Gasteiger partial charge on any atom is 0.222 e. The van der Waals surface area contributed by atoms with Crippen molar-refractivity contribution in [2.45, 2.75) is 7.43 Å². The summed E-state index contributed by atoms with van der Waals surface area (Å²) in [5, 5.41) is 30.0. The Morgan fingerprint density at radius 1 is 0.350 bits per heavy atom. The first-order valence-corrected chi connectivity index (χ1v) is 470. The van der Waals surface area contributed by atoms with E-state index in [9.17, 15) is 4.39 Å². The normalized spacial score (nSPS) is 15.4. The quantitative estimate of drug-likeness (QED) is 0.0287. The zero-order valence-electron chi connectivity index (χ0n) is 49.4. The van der Waals surface area contributed by atoms with Crippen LogP contribution in [0.15, 0.2) is 101 Å². The summed E-state index contributed by atoms with van der Waals surface area (Å²) in [5.41, 5.74) is 8.03. The van der Waals surface area contributed by atoms with Crippen LogP contribution >= 0.6 is 993 Å². The number of nitrogens with one attached hydrogen (secondary N) is 1. The Morgan fingerprint density at radius 2 is 0.590 bits per heavy atom. The first kappa shape index (κ1) is 160. The Bertz CT molecular complexity index is 3890. The number of hydrogen-bond acceptors (Lipinski definition) is 9. The zero-order chi connectivity index (χ0) is 88.5. The number of anilines is 1. The van der Waals surface area contributed by atoms with E-state index >= 15 is 0 Å². The van der Waals surface area contributed by atoms with Crippen molar-refractivity contribution in [1.29, 1.82) is 0 Å². The number of benzene rings is 3. The molecule has 4 aromatic heterocycles. The van der Waals surface area contributed by atoms with Gasteiger partial charge in [0.05, 0.1) is 67.1 Å². The second kappa shape index (κ2) is 93.1. The van der Waals surface area contributed by atoms with E-state index in [0.29, 0.717) is 27.8 Å². The molecule has 0 amide bonds. The maximum absolute atomic E-state index is 13.2. The molecule has 89 heteroatoms. The van der Waals surface area contributed by atoms with Gasteiger partial charge in [-0.05, 0) is 30.3 Å². The van der Waals surface area contributed by atoms with Gasteiger partial charge in [0.15, 0.2) is 11.4 Å². The van der Waals surface area contributed by atoms with Crippen molar-refractivity contribution >= 4 is 1020 Å². The molecule has 730 valence electrons. The fraction of sp³-hybridized carbons (Fsp3) is 0.0357. The molecule has 0 radical (unpaired) electrons. The third-order valence-electron chi connectivity index (χ3n) is 7.97. The number of fused-ring (bicyclic) bond motifs is 1. The summed E-state index contributed by atoms with van der Waals surface area (Å²) in [6.45, 7) is 13.4. The minimum absolute atomic E-state index is 0. The van der Waals surface area contributed by atoms with E-state index < -0.39 is 282 Å². The number of nitrogen functional groups attached to an aromatic ring is 1. The molecule has 7 aromatic rings. The molecule has 0 spiro atoms. The van der Waals surface area contributed by atoms with Crippen LogP contribution in [-0.2, 0) is 0 Å². The molecular formula is C28H22BrClFI72N13O. The van der Waals surface area contributed by atoms with Crippen LogP contribution in [-0.4, -0.2) is 50.6 Å². The smallest absolute Gasteiger partial charge is 0.222 e. The van der Waals surface area contributed by atoms with Gasteiger partial charge >= 0.3 is 965 Å². The van der Waals surface area contributed by atoms with Crippen LogP contribution in [0.4, 0.5) is 21.6 Å². The minimum atomic E-state index is -0.626. The number of aromatic nitrogens is 10. The number of H-pyrrole nitrogens is 1. The fourth-order valence-corrected chi connectivity index (χ4v) is 13800. The van der Waals surface area contributed by atoms with E-state index in [-0.39, 0.29) is 13.1 Å². The van der Waals surface area contributed by atoms with Crippen LogP contribution < -0.4 is 5.73 Å². The van der Waals surface area contributed by atoms with Gasteiger partial charge in [-0.1, -0.05) is 58.3 Å². The summed E-state index contributed by atoms with van der Waals surface area (Å²) in [6.07, 6.45) is 9.39. The van der Waals surface area contributed by atoms with Gasteiger partial charge in [-0.15, -0.1) is 0 Å². The summed E-state index contributed by atoms with van der Waals surface area (Å²) in [6, 6.07) is 14.9. The van der Waals surface area contributed by atoms with Gasteiger partial charge in [-0.3, -0.25) is 0 Å². The summed E-state index contributed by atoms with van der Waals surface area (Å²) in [5.74, 6) is -0.167. The molecule has 0 bridgehead atoms. The second-order valence-corrected chi connectivity index (χ2v) is 1720. The minimum Gasteiger partial charge on any atom is -0.380 e. The molecule has 4 heterocycles. The van der Waals surface area contributed by atoms with E-state index in [4.69, 9.17) is 35.0 Å². The molecule has 0 fully saturated rings. The molecular weight excluding hydrogens is 9810 g/mol. The Balaban J connectivity index is 0.000000798. The first-order chi connectivity index (χ1) is 54.1. The summed E-state index contributed by atoms with van der Waals surface area (Å²) >= 11 is 132. The predicted molar refractivity (Wildman–Crippen MR) is 1180 cm³/mol. The van der Waals surface area contributed by atoms with E-state index in [1.54, 1.807) is 55.1 Å². The van der Waals surface area contributed by atoms with Crippen LogP contribution in [0.25, 0.3) is 32.0 Å². The van der Waals surface area contributed by atoms with Gasteiger partial charge in [0.25, 0.3) is 0 Å². The van der Waals surface area contributed by atoms with Crippen molar-refractivity contribution < 1.29 is 8.91 Å². The van der Waals surface area contributed by atoms with Gasteiger partial charge in [-0.25, -0.2) is 14.1 Å². The molecule has 0 saturated heterocycles. The van der Waals surface area contributed by atoms with Crippen LogP contribution in [0, 0.1) is 19.0 Å². The van der Waals surface area contributed by atoms with Gasteiger partial charge in [-0.2, -0.15) is 45.4 Å². The molecule has 3 aromatic carbocycles. The molecule has 0 unspecified atom stereocenters. The van der Waals surface area contributed by atoms with Gasteiger partial charge in [0, 0.05) is 15.6 Å². The van der Waals surface area contributed by atoms with Crippen LogP contribution in [0.5, 0.6) is 0 Å². The standard InChI is InChI=1S/C9H5FN4.C9H7N5O.C7H3BrClN.C2H3N3.CH4.I72/c1-11-9-3-2-7(6-8(9)10)14-12-4-5-13-14;10-9-7-2-1-6(5-8(7)15-13-9)14-11-3-4-12-14;1-10-7-3-2-5(8)4-6(7)9;1-2-4-5-3-1;;1-38(2)40(5)42(7)44(9)46(11)48(13)50(15)52(17)54(19)56(21)58(23)60(25)62(27)64(29)66(31)68(33)70(35)72(37)71(36)69(34)67(32)65(30)63(28)61(26)59(24)57(22)55(20)53(18)51(16)49(14)47(12)45(10)43(8)41(6)39(3)4/h2-6H;1-5H,(H2,10,13);2-4H;1-2H,(H,3,4,5);1H4;. The molecule has 0 aliphatic carbocycles. The molecule has 7 rings (SSSR count). The van der Waals surface area contributed by atoms with Gasteiger partial charge in [0.2, 0.25) is 11.4 Å². The average Bonchev–Trinajstić information content (AvgIpc) is 1.80. The molecule has 14 nitrogen and oxygen atoms in total. The van der Waals surface area contributed by atoms with Crippen LogP contribution in [0.2, 0.25) is 5.02 Å². The summed E-state index contributed by atoms with van der Waals surface area (Å²) < 4.78 is 19.1. The summed E-state index contributed by atoms with van der Waals surface area (Å²) in [7, 11) is -20.3. The number of rotatable bonds is 36. The summed E-state index contributed by atoms with van der Waals surface area (Å²) in [4.78, 5) is 9.01. The third kappa shape index (κ3) is 61.3. The van der Waals surface area contributed by atoms with Crippen molar-refractivity contribution in [3.8, 4) is 11.4 Å².